The normalized spacial score (nSPS) is 16.6. The third-order valence-corrected chi connectivity index (χ3v) is 1.66. The molecule has 6 nitrogen and oxygen atoms in total. The molecule has 0 aromatic carbocycles. The van der Waals surface area contributed by atoms with Crippen LogP contribution in [-0.2, 0) is 9.53 Å². The first-order chi connectivity index (χ1) is 7.20. The molecule has 0 saturated carbocycles. The molecular weight excluding hydrogens is 202 g/mol. The maximum Gasteiger partial charge on any atom is 0.220 e. The van der Waals surface area contributed by atoms with Crippen LogP contribution in [0.3, 0.4) is 0 Å². The first kappa shape index (κ1) is 14.3. The zero-order chi connectivity index (χ0) is 11.5. The van der Waals surface area contributed by atoms with Gasteiger partial charge in [-0.2, -0.15) is 0 Å². The van der Waals surface area contributed by atoms with E-state index in [9.17, 15) is 4.79 Å². The fourth-order valence-corrected chi connectivity index (χ4v) is 0.902. The van der Waals surface area contributed by atoms with Crippen LogP contribution in [0.5, 0.6) is 0 Å². The minimum atomic E-state index is -0.823. The van der Waals surface area contributed by atoms with Gasteiger partial charge in [-0.1, -0.05) is 0 Å². The second-order valence-electron chi connectivity index (χ2n) is 3.09. The number of hydrogen-bond donors (Lipinski definition) is 4. The lowest BCUT2D eigenvalue weighted by Crippen LogP contribution is -2.20. The maximum absolute atomic E-state index is 10.1. The molecule has 1 aliphatic rings. The molecule has 4 N–H and O–H groups in total. The van der Waals surface area contributed by atoms with E-state index in [1.807, 2.05) is 0 Å². The lowest BCUT2D eigenvalue weighted by atomic mass is 10.4. The highest BCUT2D eigenvalue weighted by Crippen LogP contribution is 1.93. The SMILES string of the molecule is O=C1CCCN1.OCCOCC(O)CO. The van der Waals surface area contributed by atoms with Crippen molar-refractivity contribution in [3.05, 3.63) is 0 Å². The molecule has 0 aliphatic carbocycles. The molecule has 0 radical (unpaired) electrons. The molecule has 1 amide bonds. The summed E-state index contributed by atoms with van der Waals surface area (Å²) in [4.78, 5) is 10.1. The van der Waals surface area contributed by atoms with Crippen molar-refractivity contribution in [3.8, 4) is 0 Å². The van der Waals surface area contributed by atoms with Gasteiger partial charge in [-0.05, 0) is 6.42 Å². The van der Waals surface area contributed by atoms with Gasteiger partial charge in [0.1, 0.15) is 6.10 Å². The third-order valence-electron chi connectivity index (χ3n) is 1.66. The minimum Gasteiger partial charge on any atom is -0.394 e. The van der Waals surface area contributed by atoms with Gasteiger partial charge in [-0.25, -0.2) is 0 Å². The van der Waals surface area contributed by atoms with Gasteiger partial charge >= 0.3 is 0 Å². The first-order valence-electron chi connectivity index (χ1n) is 4.95. The molecule has 1 aliphatic heterocycles. The van der Waals surface area contributed by atoms with Crippen LogP contribution in [0.15, 0.2) is 0 Å². The Morgan fingerprint density at radius 1 is 1.47 bits per heavy atom. The molecule has 1 saturated heterocycles. The van der Waals surface area contributed by atoms with Gasteiger partial charge in [0.2, 0.25) is 5.91 Å². The lowest BCUT2D eigenvalue weighted by molar-refractivity contribution is -0.119. The molecule has 15 heavy (non-hydrogen) atoms. The zero-order valence-corrected chi connectivity index (χ0v) is 8.69. The number of nitrogens with one attached hydrogen (secondary N) is 1. The molecule has 90 valence electrons. The van der Waals surface area contributed by atoms with Crippen molar-refractivity contribution < 1.29 is 24.9 Å². The lowest BCUT2D eigenvalue weighted by Gasteiger charge is -2.05. The molecule has 0 aromatic rings. The van der Waals surface area contributed by atoms with Crippen LogP contribution >= 0.6 is 0 Å². The van der Waals surface area contributed by atoms with Gasteiger partial charge in [0, 0.05) is 13.0 Å². The first-order valence-corrected chi connectivity index (χ1v) is 4.95. The van der Waals surface area contributed by atoms with Crippen LogP contribution in [0.1, 0.15) is 12.8 Å². The molecule has 0 aromatic heterocycles. The van der Waals surface area contributed by atoms with E-state index in [2.05, 4.69) is 10.1 Å². The summed E-state index contributed by atoms with van der Waals surface area (Å²) in [6, 6.07) is 0. The standard InChI is InChI=1S/C5H12O4.C4H7NO/c6-1-2-9-4-5(8)3-7;6-4-2-1-3-5-4/h5-8H,1-4H2;1-3H2,(H,5,6). The number of carbonyl (C=O) groups is 1. The highest BCUT2D eigenvalue weighted by atomic mass is 16.5. The summed E-state index contributed by atoms with van der Waals surface area (Å²) >= 11 is 0. The molecule has 1 atom stereocenters. The number of aliphatic hydroxyl groups is 3. The smallest absolute Gasteiger partial charge is 0.220 e. The van der Waals surface area contributed by atoms with Crippen LogP contribution in [0.25, 0.3) is 0 Å². The monoisotopic (exact) mass is 221 g/mol. The van der Waals surface area contributed by atoms with Crippen molar-refractivity contribution in [3.63, 3.8) is 0 Å². The zero-order valence-electron chi connectivity index (χ0n) is 8.69. The predicted molar refractivity (Wildman–Crippen MR) is 53.2 cm³/mol. The quantitative estimate of drug-likeness (QED) is 0.412. The van der Waals surface area contributed by atoms with Crippen LogP contribution in [0.2, 0.25) is 0 Å². The van der Waals surface area contributed by atoms with Crippen molar-refractivity contribution in [2.24, 2.45) is 0 Å². The summed E-state index contributed by atoms with van der Waals surface area (Å²) in [6.07, 6.45) is 0.940. The minimum absolute atomic E-state index is 0.0574. The van der Waals surface area contributed by atoms with Crippen molar-refractivity contribution in [1.82, 2.24) is 5.32 Å². The topological polar surface area (TPSA) is 99.0 Å². The van der Waals surface area contributed by atoms with Gasteiger partial charge in [0.05, 0.1) is 26.4 Å². The fourth-order valence-electron chi connectivity index (χ4n) is 0.902. The van der Waals surface area contributed by atoms with Gasteiger partial charge in [-0.15, -0.1) is 0 Å². The Morgan fingerprint density at radius 2 is 2.20 bits per heavy atom. The molecule has 1 heterocycles. The highest BCUT2D eigenvalue weighted by Gasteiger charge is 2.05. The van der Waals surface area contributed by atoms with E-state index in [1.54, 1.807) is 0 Å². The summed E-state index contributed by atoms with van der Waals surface area (Å²) < 4.78 is 4.68. The maximum atomic E-state index is 10.1. The van der Waals surface area contributed by atoms with Crippen molar-refractivity contribution in [2.75, 3.05) is 33.0 Å². The Balaban J connectivity index is 0.000000280. The highest BCUT2D eigenvalue weighted by molar-refractivity contribution is 5.77. The van der Waals surface area contributed by atoms with Crippen LogP contribution in [0, 0.1) is 0 Å². The van der Waals surface area contributed by atoms with Crippen molar-refractivity contribution in [2.45, 2.75) is 18.9 Å². The summed E-state index contributed by atoms with van der Waals surface area (Å²) in [5.74, 6) is 0.204. The van der Waals surface area contributed by atoms with E-state index in [1.165, 1.54) is 0 Å². The summed E-state index contributed by atoms with van der Waals surface area (Å²) in [5, 5.41) is 27.7. The van der Waals surface area contributed by atoms with E-state index in [-0.39, 0.29) is 32.3 Å². The molecular formula is C9H19NO5. The molecule has 1 rings (SSSR count). The number of rotatable bonds is 5. The van der Waals surface area contributed by atoms with E-state index in [4.69, 9.17) is 15.3 Å². The van der Waals surface area contributed by atoms with Crippen LogP contribution in [-0.4, -0.2) is 60.3 Å². The third kappa shape index (κ3) is 9.61. The van der Waals surface area contributed by atoms with Gasteiger partial charge < -0.3 is 25.4 Å². The summed E-state index contributed by atoms with van der Waals surface area (Å²) in [7, 11) is 0. The second kappa shape index (κ2) is 9.85. The molecule has 6 heteroatoms. The van der Waals surface area contributed by atoms with E-state index in [0.717, 1.165) is 19.4 Å². The van der Waals surface area contributed by atoms with E-state index in [0.29, 0.717) is 0 Å². The Morgan fingerprint density at radius 3 is 2.53 bits per heavy atom. The van der Waals surface area contributed by atoms with Gasteiger partial charge in [-0.3, -0.25) is 4.79 Å². The van der Waals surface area contributed by atoms with Crippen molar-refractivity contribution in [1.29, 1.82) is 0 Å². The van der Waals surface area contributed by atoms with Crippen LogP contribution < -0.4 is 5.32 Å². The molecule has 0 bridgehead atoms. The van der Waals surface area contributed by atoms with Crippen molar-refractivity contribution >= 4 is 5.91 Å². The molecule has 0 spiro atoms. The van der Waals surface area contributed by atoms with E-state index < -0.39 is 6.10 Å². The van der Waals surface area contributed by atoms with Crippen LogP contribution in [0.4, 0.5) is 0 Å². The number of amides is 1. The number of ether oxygens (including phenoxy) is 1. The predicted octanol–water partition coefficient (Wildman–Crippen LogP) is -1.76. The van der Waals surface area contributed by atoms with Gasteiger partial charge in [0.15, 0.2) is 0 Å². The number of aliphatic hydroxyl groups excluding tert-OH is 3. The van der Waals surface area contributed by atoms with Gasteiger partial charge in [0.25, 0.3) is 0 Å². The summed E-state index contributed by atoms with van der Waals surface area (Å²) in [5.41, 5.74) is 0. The Kier molecular flexibility index (Phi) is 9.40. The Bertz CT molecular complexity index is 157. The second-order valence-corrected chi connectivity index (χ2v) is 3.09. The Labute approximate surface area is 88.9 Å². The number of hydrogen-bond acceptors (Lipinski definition) is 5. The molecule has 1 unspecified atom stereocenters. The summed E-state index contributed by atoms with van der Waals surface area (Å²) in [6.45, 7) is 0.816. The Hall–Kier alpha value is -0.690. The largest absolute Gasteiger partial charge is 0.394 e. The number of carbonyl (C=O) groups excluding carboxylic acids is 1. The fraction of sp³-hybridized carbons (Fsp3) is 0.889. The van der Waals surface area contributed by atoms with E-state index >= 15 is 0 Å². The average molecular weight is 221 g/mol. The molecule has 1 fully saturated rings. The average Bonchev–Trinajstić information content (AvgIpc) is 2.70.